The van der Waals surface area contributed by atoms with Crippen molar-refractivity contribution >= 4 is 0 Å². The highest BCUT2D eigenvalue weighted by Crippen LogP contribution is 2.50. The van der Waals surface area contributed by atoms with Crippen molar-refractivity contribution in [2.45, 2.75) is 37.6 Å². The quantitative estimate of drug-likeness (QED) is 0.732. The van der Waals surface area contributed by atoms with E-state index in [2.05, 4.69) is 18.2 Å². The highest BCUT2D eigenvalue weighted by Gasteiger charge is 2.49. The summed E-state index contributed by atoms with van der Waals surface area (Å²) in [5, 5.41) is 0. The minimum Gasteiger partial charge on any atom is -0.497 e. The first-order valence-corrected chi connectivity index (χ1v) is 9.83. The van der Waals surface area contributed by atoms with E-state index >= 15 is 0 Å². The first kappa shape index (κ1) is 19.1. The summed E-state index contributed by atoms with van der Waals surface area (Å²) in [6.45, 7) is 0.772. The SMILES string of the molecule is COc1ccc(C[C@@H]2C[C@@]3(CCCO3)O[C@H]2c2ccc(OC)c(OC)c2)cc1. The standard InChI is InChI=1S/C23H28O5/c1-24-19-8-5-16(6-9-19)13-18-15-23(11-4-12-27-23)28-22(18)17-7-10-20(25-2)21(14-17)26-3/h5-10,14,18,22H,4,11-13,15H2,1-3H3/t18-,22+,23-/m1/s1. The van der Waals surface area contributed by atoms with E-state index in [0.717, 1.165) is 55.1 Å². The Bertz CT molecular complexity index is 795. The fourth-order valence-electron chi connectivity index (χ4n) is 4.42. The van der Waals surface area contributed by atoms with Crippen LogP contribution in [0.4, 0.5) is 0 Å². The van der Waals surface area contributed by atoms with Gasteiger partial charge in [-0.1, -0.05) is 18.2 Å². The Hall–Kier alpha value is -2.24. The number of methoxy groups -OCH3 is 3. The Morgan fingerprint density at radius 2 is 1.75 bits per heavy atom. The van der Waals surface area contributed by atoms with E-state index in [1.165, 1.54) is 5.56 Å². The molecular weight excluding hydrogens is 356 g/mol. The molecule has 0 N–H and O–H groups in total. The maximum atomic E-state index is 6.56. The minimum absolute atomic E-state index is 0.0417. The lowest BCUT2D eigenvalue weighted by Crippen LogP contribution is -2.26. The predicted molar refractivity (Wildman–Crippen MR) is 106 cm³/mol. The van der Waals surface area contributed by atoms with Crippen LogP contribution in [0.15, 0.2) is 42.5 Å². The van der Waals surface area contributed by atoms with Crippen LogP contribution in [-0.4, -0.2) is 33.7 Å². The third-order valence-corrected chi connectivity index (χ3v) is 5.80. The average molecular weight is 384 g/mol. The molecule has 0 amide bonds. The minimum atomic E-state index is -0.449. The topological polar surface area (TPSA) is 46.2 Å². The van der Waals surface area contributed by atoms with Gasteiger partial charge in [0.05, 0.1) is 34.0 Å². The van der Waals surface area contributed by atoms with Gasteiger partial charge in [-0.15, -0.1) is 0 Å². The molecule has 5 heteroatoms. The molecule has 0 bridgehead atoms. The van der Waals surface area contributed by atoms with Crippen LogP contribution in [0.3, 0.4) is 0 Å². The van der Waals surface area contributed by atoms with Crippen LogP contribution in [0.25, 0.3) is 0 Å². The lowest BCUT2D eigenvalue weighted by Gasteiger charge is -2.23. The molecule has 0 radical (unpaired) electrons. The van der Waals surface area contributed by atoms with E-state index in [9.17, 15) is 0 Å². The van der Waals surface area contributed by atoms with Crippen LogP contribution >= 0.6 is 0 Å². The first-order chi connectivity index (χ1) is 13.7. The van der Waals surface area contributed by atoms with Crippen molar-refractivity contribution in [1.82, 2.24) is 0 Å². The van der Waals surface area contributed by atoms with Crippen molar-refractivity contribution in [3.05, 3.63) is 53.6 Å². The van der Waals surface area contributed by atoms with Crippen LogP contribution in [0.2, 0.25) is 0 Å². The molecule has 0 aromatic heterocycles. The van der Waals surface area contributed by atoms with Crippen LogP contribution in [0, 0.1) is 5.92 Å². The van der Waals surface area contributed by atoms with Gasteiger partial charge in [0, 0.05) is 12.8 Å². The highest BCUT2D eigenvalue weighted by molar-refractivity contribution is 5.44. The fraction of sp³-hybridized carbons (Fsp3) is 0.478. The number of benzene rings is 2. The highest BCUT2D eigenvalue weighted by atomic mass is 16.7. The zero-order chi connectivity index (χ0) is 19.6. The summed E-state index contributed by atoms with van der Waals surface area (Å²) in [7, 11) is 5.00. The molecule has 2 heterocycles. The van der Waals surface area contributed by atoms with Crippen molar-refractivity contribution in [3.8, 4) is 17.2 Å². The van der Waals surface area contributed by atoms with Crippen molar-refractivity contribution < 1.29 is 23.7 Å². The van der Waals surface area contributed by atoms with Gasteiger partial charge in [0.1, 0.15) is 5.75 Å². The second-order valence-corrected chi connectivity index (χ2v) is 7.53. The average Bonchev–Trinajstić information content (AvgIpc) is 3.34. The van der Waals surface area contributed by atoms with Crippen LogP contribution in [0.5, 0.6) is 17.2 Å². The van der Waals surface area contributed by atoms with Crippen molar-refractivity contribution in [3.63, 3.8) is 0 Å². The third-order valence-electron chi connectivity index (χ3n) is 5.80. The Morgan fingerprint density at radius 3 is 2.39 bits per heavy atom. The number of hydrogen-bond donors (Lipinski definition) is 0. The zero-order valence-corrected chi connectivity index (χ0v) is 16.8. The molecule has 0 unspecified atom stereocenters. The molecular formula is C23H28O5. The van der Waals surface area contributed by atoms with Crippen molar-refractivity contribution in [2.75, 3.05) is 27.9 Å². The fourth-order valence-corrected chi connectivity index (χ4v) is 4.42. The van der Waals surface area contributed by atoms with Gasteiger partial charge in [-0.05, 0) is 54.2 Å². The van der Waals surface area contributed by atoms with Crippen LogP contribution in [-0.2, 0) is 15.9 Å². The molecule has 150 valence electrons. The largest absolute Gasteiger partial charge is 0.497 e. The molecule has 1 spiro atoms. The molecule has 2 aromatic carbocycles. The Labute approximate surface area is 166 Å². The summed E-state index contributed by atoms with van der Waals surface area (Å²) in [6, 6.07) is 14.3. The summed E-state index contributed by atoms with van der Waals surface area (Å²) in [5.74, 6) is 2.19. The lowest BCUT2D eigenvalue weighted by atomic mass is 9.87. The van der Waals surface area contributed by atoms with E-state index in [-0.39, 0.29) is 6.10 Å². The van der Waals surface area contributed by atoms with Gasteiger partial charge in [-0.2, -0.15) is 0 Å². The molecule has 0 aliphatic carbocycles. The second-order valence-electron chi connectivity index (χ2n) is 7.53. The van der Waals surface area contributed by atoms with Gasteiger partial charge in [0.25, 0.3) is 0 Å². The van der Waals surface area contributed by atoms with Crippen LogP contribution in [0.1, 0.15) is 36.5 Å². The second kappa shape index (κ2) is 8.02. The molecule has 2 aliphatic rings. The predicted octanol–water partition coefficient (Wildman–Crippen LogP) is 4.54. The number of rotatable bonds is 6. The Morgan fingerprint density at radius 1 is 0.964 bits per heavy atom. The molecule has 28 heavy (non-hydrogen) atoms. The van der Waals surface area contributed by atoms with E-state index in [1.807, 2.05) is 24.3 Å². The first-order valence-electron chi connectivity index (χ1n) is 9.83. The van der Waals surface area contributed by atoms with Gasteiger partial charge in [-0.25, -0.2) is 0 Å². The molecule has 2 aromatic rings. The maximum Gasteiger partial charge on any atom is 0.169 e. The monoisotopic (exact) mass is 384 g/mol. The summed E-state index contributed by atoms with van der Waals surface area (Å²) in [4.78, 5) is 0. The van der Waals surface area contributed by atoms with Crippen LogP contribution < -0.4 is 14.2 Å². The molecule has 2 aliphatic heterocycles. The summed E-state index contributed by atoms with van der Waals surface area (Å²) in [5.41, 5.74) is 2.37. The van der Waals surface area contributed by atoms with E-state index < -0.39 is 5.79 Å². The van der Waals surface area contributed by atoms with E-state index in [0.29, 0.717) is 5.92 Å². The molecule has 2 fully saturated rings. The smallest absolute Gasteiger partial charge is 0.169 e. The molecule has 2 saturated heterocycles. The summed E-state index contributed by atoms with van der Waals surface area (Å²) in [6.07, 6.45) is 3.79. The maximum absolute atomic E-state index is 6.56. The number of hydrogen-bond acceptors (Lipinski definition) is 5. The Kier molecular flexibility index (Phi) is 5.47. The van der Waals surface area contributed by atoms with Crippen molar-refractivity contribution in [2.24, 2.45) is 5.92 Å². The van der Waals surface area contributed by atoms with E-state index in [4.69, 9.17) is 23.7 Å². The van der Waals surface area contributed by atoms with Gasteiger partial charge in [-0.3, -0.25) is 0 Å². The lowest BCUT2D eigenvalue weighted by molar-refractivity contribution is -0.200. The van der Waals surface area contributed by atoms with Gasteiger partial charge < -0.3 is 23.7 Å². The molecule has 5 nitrogen and oxygen atoms in total. The van der Waals surface area contributed by atoms with E-state index in [1.54, 1.807) is 21.3 Å². The zero-order valence-electron chi connectivity index (χ0n) is 16.8. The van der Waals surface area contributed by atoms with Gasteiger partial charge >= 0.3 is 0 Å². The van der Waals surface area contributed by atoms with Crippen molar-refractivity contribution in [1.29, 1.82) is 0 Å². The normalized spacial score (nSPS) is 26.5. The third kappa shape index (κ3) is 3.69. The summed E-state index contributed by atoms with van der Waals surface area (Å²) < 4.78 is 28.8. The molecule has 3 atom stereocenters. The van der Waals surface area contributed by atoms with Gasteiger partial charge in [0.15, 0.2) is 17.3 Å². The summed E-state index contributed by atoms with van der Waals surface area (Å²) >= 11 is 0. The Balaban J connectivity index is 1.62. The molecule has 4 rings (SSSR count). The molecule has 0 saturated carbocycles. The number of ether oxygens (including phenoxy) is 5. The van der Waals surface area contributed by atoms with Gasteiger partial charge in [0.2, 0.25) is 0 Å².